The molecule has 0 amide bonds. The highest BCUT2D eigenvalue weighted by Crippen LogP contribution is 2.15. The van der Waals surface area contributed by atoms with Crippen molar-refractivity contribution in [1.29, 1.82) is 0 Å². The smallest absolute Gasteiger partial charge is 0.161 e. The van der Waals surface area contributed by atoms with Crippen LogP contribution < -0.4 is 0 Å². The predicted octanol–water partition coefficient (Wildman–Crippen LogP) is 1.49. The summed E-state index contributed by atoms with van der Waals surface area (Å²) in [5, 5.41) is 0. The Bertz CT molecular complexity index is 354. The van der Waals surface area contributed by atoms with E-state index in [1.807, 2.05) is 17.8 Å². The van der Waals surface area contributed by atoms with Crippen molar-refractivity contribution in [3.05, 3.63) is 18.2 Å². The topological polar surface area (TPSA) is 44.1 Å². The van der Waals surface area contributed by atoms with Gasteiger partial charge in [-0.25, -0.2) is 4.98 Å². The predicted molar refractivity (Wildman–Crippen MR) is 60.1 cm³/mol. The number of imidazole rings is 1. The minimum absolute atomic E-state index is 0.158. The first-order valence-electron chi connectivity index (χ1n) is 5.88. The molecule has 0 bridgehead atoms. The fraction of sp³-hybridized carbons (Fsp3) is 0.667. The lowest BCUT2D eigenvalue weighted by Gasteiger charge is -2.21. The van der Waals surface area contributed by atoms with E-state index in [-0.39, 0.29) is 11.9 Å². The number of nitrogens with zero attached hydrogens (tertiary/aromatic N) is 2. The third kappa shape index (κ3) is 2.70. The van der Waals surface area contributed by atoms with Crippen molar-refractivity contribution in [1.82, 2.24) is 9.55 Å². The van der Waals surface area contributed by atoms with Crippen LogP contribution in [0.4, 0.5) is 0 Å². The summed E-state index contributed by atoms with van der Waals surface area (Å²) in [5.41, 5.74) is 0. The zero-order chi connectivity index (χ0) is 11.4. The van der Waals surface area contributed by atoms with Gasteiger partial charge in [0.1, 0.15) is 11.9 Å². The van der Waals surface area contributed by atoms with Crippen LogP contribution in [0, 0.1) is 0 Å². The minimum atomic E-state index is -0.158. The molecule has 1 aromatic rings. The van der Waals surface area contributed by atoms with Crippen LogP contribution in [-0.2, 0) is 23.0 Å². The molecule has 1 saturated heterocycles. The lowest BCUT2D eigenvalue weighted by Crippen LogP contribution is -2.28. The molecule has 0 aliphatic carbocycles. The Hall–Kier alpha value is -1.16. The van der Waals surface area contributed by atoms with Gasteiger partial charge in [0.05, 0.1) is 0 Å². The molecular weight excluding hydrogens is 204 g/mol. The summed E-state index contributed by atoms with van der Waals surface area (Å²) in [5.74, 6) is 1.19. The molecule has 0 aromatic carbocycles. The molecule has 16 heavy (non-hydrogen) atoms. The van der Waals surface area contributed by atoms with Gasteiger partial charge in [-0.05, 0) is 19.3 Å². The maximum atomic E-state index is 11.8. The van der Waals surface area contributed by atoms with Crippen LogP contribution in [0.25, 0.3) is 0 Å². The monoisotopic (exact) mass is 222 g/mol. The summed E-state index contributed by atoms with van der Waals surface area (Å²) >= 11 is 0. The van der Waals surface area contributed by atoms with E-state index in [1.165, 1.54) is 0 Å². The number of ketones is 1. The number of aryl methyl sites for hydroxylation is 2. The van der Waals surface area contributed by atoms with Gasteiger partial charge in [0.2, 0.25) is 0 Å². The number of hydrogen-bond acceptors (Lipinski definition) is 3. The molecule has 1 fully saturated rings. The first kappa shape index (κ1) is 11.3. The van der Waals surface area contributed by atoms with Gasteiger partial charge in [-0.1, -0.05) is 0 Å². The summed E-state index contributed by atoms with van der Waals surface area (Å²) in [6.45, 7) is 0.735. The summed E-state index contributed by atoms with van der Waals surface area (Å²) in [6.07, 6.45) is 7.83. The molecule has 1 aliphatic rings. The molecule has 1 aliphatic heterocycles. The first-order valence-corrected chi connectivity index (χ1v) is 5.88. The van der Waals surface area contributed by atoms with Gasteiger partial charge in [-0.3, -0.25) is 4.79 Å². The first-order chi connectivity index (χ1) is 7.77. The van der Waals surface area contributed by atoms with Crippen molar-refractivity contribution in [2.45, 2.75) is 38.2 Å². The van der Waals surface area contributed by atoms with Gasteiger partial charge in [0, 0.05) is 38.9 Å². The molecule has 2 rings (SSSR count). The Kier molecular flexibility index (Phi) is 3.72. The standard InChI is InChI=1S/C12H18N2O2/c1-14-8-7-13-12(14)6-5-10(15)11-4-2-3-9-16-11/h7-8,11H,2-6,9H2,1H3. The number of Topliss-reactive ketones (excluding diaryl/α,β-unsaturated/α-hetero) is 1. The van der Waals surface area contributed by atoms with Crippen LogP contribution in [0.2, 0.25) is 0 Å². The molecule has 4 nitrogen and oxygen atoms in total. The van der Waals surface area contributed by atoms with Crippen LogP contribution in [0.5, 0.6) is 0 Å². The van der Waals surface area contributed by atoms with E-state index < -0.39 is 0 Å². The van der Waals surface area contributed by atoms with Crippen molar-refractivity contribution in [3.63, 3.8) is 0 Å². The van der Waals surface area contributed by atoms with Gasteiger partial charge in [0.15, 0.2) is 5.78 Å². The highest BCUT2D eigenvalue weighted by molar-refractivity contribution is 5.83. The Morgan fingerprint density at radius 3 is 3.12 bits per heavy atom. The Morgan fingerprint density at radius 2 is 2.50 bits per heavy atom. The highest BCUT2D eigenvalue weighted by Gasteiger charge is 2.21. The summed E-state index contributed by atoms with van der Waals surface area (Å²) in [7, 11) is 1.95. The maximum absolute atomic E-state index is 11.8. The molecule has 1 unspecified atom stereocenters. The molecule has 0 radical (unpaired) electrons. The molecule has 88 valence electrons. The minimum Gasteiger partial charge on any atom is -0.370 e. The van der Waals surface area contributed by atoms with E-state index in [4.69, 9.17) is 4.74 Å². The van der Waals surface area contributed by atoms with E-state index in [0.717, 1.165) is 31.7 Å². The van der Waals surface area contributed by atoms with Crippen LogP contribution in [0.3, 0.4) is 0 Å². The summed E-state index contributed by atoms with van der Waals surface area (Å²) in [4.78, 5) is 16.0. The molecule has 0 N–H and O–H groups in total. The van der Waals surface area contributed by atoms with Gasteiger partial charge in [-0.2, -0.15) is 0 Å². The van der Waals surface area contributed by atoms with E-state index >= 15 is 0 Å². The molecule has 2 heterocycles. The van der Waals surface area contributed by atoms with Crippen molar-refractivity contribution in [2.75, 3.05) is 6.61 Å². The van der Waals surface area contributed by atoms with Crippen molar-refractivity contribution < 1.29 is 9.53 Å². The second-order valence-electron chi connectivity index (χ2n) is 4.28. The van der Waals surface area contributed by atoms with Crippen molar-refractivity contribution >= 4 is 5.78 Å². The zero-order valence-corrected chi connectivity index (χ0v) is 9.69. The lowest BCUT2D eigenvalue weighted by atomic mass is 10.0. The van der Waals surface area contributed by atoms with Gasteiger partial charge in [0.25, 0.3) is 0 Å². The second-order valence-corrected chi connectivity index (χ2v) is 4.28. The Labute approximate surface area is 95.6 Å². The van der Waals surface area contributed by atoms with Gasteiger partial charge < -0.3 is 9.30 Å². The normalized spacial score (nSPS) is 20.9. The Morgan fingerprint density at radius 1 is 1.62 bits per heavy atom. The Balaban J connectivity index is 1.81. The van der Waals surface area contributed by atoms with Gasteiger partial charge in [-0.15, -0.1) is 0 Å². The second kappa shape index (κ2) is 5.25. The summed E-state index contributed by atoms with van der Waals surface area (Å²) < 4.78 is 7.42. The van der Waals surface area contributed by atoms with E-state index in [1.54, 1.807) is 6.20 Å². The quantitative estimate of drug-likeness (QED) is 0.775. The average molecular weight is 222 g/mol. The third-order valence-electron chi connectivity index (χ3n) is 3.05. The number of aromatic nitrogens is 2. The number of ether oxygens (including phenoxy) is 1. The number of carbonyl (C=O) groups excluding carboxylic acids is 1. The van der Waals surface area contributed by atoms with E-state index in [2.05, 4.69) is 4.98 Å². The fourth-order valence-corrected chi connectivity index (χ4v) is 2.03. The molecule has 0 spiro atoms. The zero-order valence-electron chi connectivity index (χ0n) is 9.69. The highest BCUT2D eigenvalue weighted by atomic mass is 16.5. The van der Waals surface area contributed by atoms with E-state index in [0.29, 0.717) is 12.8 Å². The van der Waals surface area contributed by atoms with Crippen LogP contribution in [0.15, 0.2) is 12.4 Å². The SMILES string of the molecule is Cn1ccnc1CCC(=O)C1CCCCO1. The van der Waals surface area contributed by atoms with Crippen molar-refractivity contribution in [3.8, 4) is 0 Å². The van der Waals surface area contributed by atoms with Gasteiger partial charge >= 0.3 is 0 Å². The largest absolute Gasteiger partial charge is 0.370 e. The molecule has 1 aromatic heterocycles. The summed E-state index contributed by atoms with van der Waals surface area (Å²) in [6, 6.07) is 0. The molecule has 0 saturated carbocycles. The number of carbonyl (C=O) groups is 1. The molecule has 1 atom stereocenters. The molecule has 4 heteroatoms. The number of hydrogen-bond donors (Lipinski definition) is 0. The number of rotatable bonds is 4. The van der Waals surface area contributed by atoms with Crippen LogP contribution in [0.1, 0.15) is 31.5 Å². The maximum Gasteiger partial charge on any atom is 0.161 e. The van der Waals surface area contributed by atoms with E-state index in [9.17, 15) is 4.79 Å². The lowest BCUT2D eigenvalue weighted by molar-refractivity contribution is -0.133. The molecular formula is C12H18N2O2. The van der Waals surface area contributed by atoms with Crippen molar-refractivity contribution in [2.24, 2.45) is 7.05 Å². The van der Waals surface area contributed by atoms with Crippen LogP contribution in [-0.4, -0.2) is 28.0 Å². The average Bonchev–Trinajstić information content (AvgIpc) is 2.73. The fourth-order valence-electron chi connectivity index (χ4n) is 2.03. The van der Waals surface area contributed by atoms with Crippen LogP contribution >= 0.6 is 0 Å². The third-order valence-corrected chi connectivity index (χ3v) is 3.05.